The van der Waals surface area contributed by atoms with E-state index >= 15 is 0 Å². The Morgan fingerprint density at radius 1 is 1.21 bits per heavy atom. The summed E-state index contributed by atoms with van der Waals surface area (Å²) >= 11 is 0. The third kappa shape index (κ3) is 3.79. The zero-order chi connectivity index (χ0) is 16.9. The topological polar surface area (TPSA) is 58.2 Å². The van der Waals surface area contributed by atoms with Crippen molar-refractivity contribution in [1.82, 2.24) is 10.6 Å². The molecule has 1 heterocycles. The second-order valence-corrected chi connectivity index (χ2v) is 5.93. The summed E-state index contributed by atoms with van der Waals surface area (Å²) in [5.74, 6) is -0.368. The maximum Gasteiger partial charge on any atom is 0.251 e. The maximum absolute atomic E-state index is 13.1. The molecule has 0 aromatic heterocycles. The average Bonchev–Trinajstić information content (AvgIpc) is 2.60. The van der Waals surface area contributed by atoms with E-state index in [1.54, 1.807) is 12.1 Å². The highest BCUT2D eigenvalue weighted by Crippen LogP contribution is 2.23. The van der Waals surface area contributed by atoms with E-state index in [-0.39, 0.29) is 23.5 Å². The molecule has 2 aromatic carbocycles. The lowest BCUT2D eigenvalue weighted by Crippen LogP contribution is -2.40. The first-order valence-corrected chi connectivity index (χ1v) is 8.02. The molecule has 0 aliphatic carbocycles. The van der Waals surface area contributed by atoms with Gasteiger partial charge in [0.25, 0.3) is 5.91 Å². The molecule has 0 fully saturated rings. The Labute approximate surface area is 140 Å². The number of nitrogens with one attached hydrogen (secondary N) is 2. The van der Waals surface area contributed by atoms with Gasteiger partial charge in [0.05, 0.1) is 0 Å². The van der Waals surface area contributed by atoms with Crippen molar-refractivity contribution in [1.29, 1.82) is 0 Å². The van der Waals surface area contributed by atoms with Crippen molar-refractivity contribution in [3.63, 3.8) is 0 Å². The van der Waals surface area contributed by atoms with Crippen molar-refractivity contribution in [2.75, 3.05) is 13.1 Å². The zero-order valence-electron chi connectivity index (χ0n) is 13.2. The van der Waals surface area contributed by atoms with Crippen LogP contribution in [0, 0.1) is 5.82 Å². The van der Waals surface area contributed by atoms with Crippen LogP contribution >= 0.6 is 0 Å². The van der Waals surface area contributed by atoms with E-state index in [9.17, 15) is 14.0 Å². The summed E-state index contributed by atoms with van der Waals surface area (Å²) < 4.78 is 13.1. The summed E-state index contributed by atoms with van der Waals surface area (Å²) in [4.78, 5) is 23.9. The number of benzene rings is 2. The van der Waals surface area contributed by atoms with Crippen LogP contribution in [0.2, 0.25) is 0 Å². The van der Waals surface area contributed by atoms with Gasteiger partial charge in [-0.3, -0.25) is 9.59 Å². The van der Waals surface area contributed by atoms with Gasteiger partial charge in [-0.2, -0.15) is 0 Å². The summed E-state index contributed by atoms with van der Waals surface area (Å²) in [6.07, 6.45) is 0.811. The maximum atomic E-state index is 13.1. The molecule has 24 heavy (non-hydrogen) atoms. The molecule has 0 spiro atoms. The lowest BCUT2D eigenvalue weighted by atomic mass is 9.90. The highest BCUT2D eigenvalue weighted by atomic mass is 19.1. The van der Waals surface area contributed by atoms with Gasteiger partial charge in [-0.25, -0.2) is 4.39 Å². The molecule has 124 valence electrons. The van der Waals surface area contributed by atoms with Crippen LogP contribution in [0.5, 0.6) is 0 Å². The number of carbonyl (C=O) groups is 2. The second-order valence-electron chi connectivity index (χ2n) is 5.93. The molecule has 4 nitrogen and oxygen atoms in total. The van der Waals surface area contributed by atoms with Gasteiger partial charge in [0.2, 0.25) is 5.91 Å². The Morgan fingerprint density at radius 2 is 2.04 bits per heavy atom. The van der Waals surface area contributed by atoms with Crippen LogP contribution in [0.15, 0.2) is 48.5 Å². The Kier molecular flexibility index (Phi) is 4.89. The molecule has 0 saturated carbocycles. The largest absolute Gasteiger partial charge is 0.355 e. The second kappa shape index (κ2) is 7.25. The van der Waals surface area contributed by atoms with Crippen LogP contribution in [-0.4, -0.2) is 24.9 Å². The predicted molar refractivity (Wildman–Crippen MR) is 89.2 cm³/mol. The molecule has 3 rings (SSSR count). The monoisotopic (exact) mass is 326 g/mol. The van der Waals surface area contributed by atoms with Crippen LogP contribution in [0.4, 0.5) is 4.39 Å². The number of aryl methyl sites for hydroxylation is 1. The first-order valence-electron chi connectivity index (χ1n) is 8.02. The summed E-state index contributed by atoms with van der Waals surface area (Å²) in [7, 11) is 0. The van der Waals surface area contributed by atoms with Crippen LogP contribution in [0.25, 0.3) is 0 Å². The SMILES string of the molecule is O=C(CCc1cccc(F)c1)NCC1CNC(=O)c2ccccc21. The minimum absolute atomic E-state index is 0.0667. The van der Waals surface area contributed by atoms with Crippen molar-refractivity contribution in [2.45, 2.75) is 18.8 Å². The molecule has 2 aromatic rings. The van der Waals surface area contributed by atoms with E-state index in [1.165, 1.54) is 12.1 Å². The summed E-state index contributed by atoms with van der Waals surface area (Å²) in [5.41, 5.74) is 2.44. The summed E-state index contributed by atoms with van der Waals surface area (Å²) in [6.45, 7) is 0.985. The first kappa shape index (κ1) is 16.2. The quantitative estimate of drug-likeness (QED) is 0.886. The molecule has 0 radical (unpaired) electrons. The number of amides is 2. The number of hydrogen-bond donors (Lipinski definition) is 2. The van der Waals surface area contributed by atoms with E-state index < -0.39 is 0 Å². The number of carbonyl (C=O) groups excluding carboxylic acids is 2. The Hall–Kier alpha value is -2.69. The minimum atomic E-state index is -0.289. The molecule has 1 aliphatic rings. The van der Waals surface area contributed by atoms with Gasteiger partial charge >= 0.3 is 0 Å². The van der Waals surface area contributed by atoms with Crippen molar-refractivity contribution >= 4 is 11.8 Å². The van der Waals surface area contributed by atoms with E-state index in [0.29, 0.717) is 31.5 Å². The molecule has 1 aliphatic heterocycles. The number of fused-ring (bicyclic) bond motifs is 1. The lowest BCUT2D eigenvalue weighted by molar-refractivity contribution is -0.121. The van der Waals surface area contributed by atoms with Crippen LogP contribution in [0.3, 0.4) is 0 Å². The van der Waals surface area contributed by atoms with Crippen molar-refractivity contribution in [3.05, 3.63) is 71.0 Å². The molecule has 1 atom stereocenters. The fourth-order valence-corrected chi connectivity index (χ4v) is 2.94. The van der Waals surface area contributed by atoms with Gasteiger partial charge in [0.1, 0.15) is 5.82 Å². The first-order chi connectivity index (χ1) is 11.6. The van der Waals surface area contributed by atoms with E-state index in [2.05, 4.69) is 10.6 Å². The third-order valence-electron chi connectivity index (χ3n) is 4.23. The highest BCUT2D eigenvalue weighted by molar-refractivity contribution is 5.97. The standard InChI is InChI=1S/C19H19FN2O2/c20-15-5-3-4-13(10-15)8-9-18(23)21-11-14-12-22-19(24)17-7-2-1-6-16(14)17/h1-7,10,14H,8-9,11-12H2,(H,21,23)(H,22,24). The van der Waals surface area contributed by atoms with E-state index in [4.69, 9.17) is 0 Å². The number of hydrogen-bond acceptors (Lipinski definition) is 2. The Balaban J connectivity index is 1.53. The molecule has 2 amide bonds. The van der Waals surface area contributed by atoms with Gasteiger partial charge < -0.3 is 10.6 Å². The summed E-state index contributed by atoms with van der Waals surface area (Å²) in [6, 6.07) is 13.7. The minimum Gasteiger partial charge on any atom is -0.355 e. The van der Waals surface area contributed by atoms with Gasteiger partial charge in [-0.1, -0.05) is 30.3 Å². The smallest absolute Gasteiger partial charge is 0.251 e. The molecule has 5 heteroatoms. The summed E-state index contributed by atoms with van der Waals surface area (Å²) in [5, 5.41) is 5.75. The molecular formula is C19H19FN2O2. The third-order valence-corrected chi connectivity index (χ3v) is 4.23. The molecule has 0 bridgehead atoms. The number of halogens is 1. The van der Waals surface area contributed by atoms with Gasteiger partial charge in [-0.15, -0.1) is 0 Å². The van der Waals surface area contributed by atoms with Crippen LogP contribution in [-0.2, 0) is 11.2 Å². The Morgan fingerprint density at radius 3 is 2.88 bits per heavy atom. The fourth-order valence-electron chi connectivity index (χ4n) is 2.94. The zero-order valence-corrected chi connectivity index (χ0v) is 13.2. The normalized spacial score (nSPS) is 16.2. The Bertz CT molecular complexity index is 761. The van der Waals surface area contributed by atoms with Crippen LogP contribution < -0.4 is 10.6 Å². The van der Waals surface area contributed by atoms with Crippen LogP contribution in [0.1, 0.15) is 33.8 Å². The van der Waals surface area contributed by atoms with Crippen molar-refractivity contribution < 1.29 is 14.0 Å². The molecule has 1 unspecified atom stereocenters. The van der Waals surface area contributed by atoms with Crippen molar-refractivity contribution in [2.24, 2.45) is 0 Å². The lowest BCUT2D eigenvalue weighted by Gasteiger charge is -2.25. The number of rotatable bonds is 5. The fraction of sp³-hybridized carbons (Fsp3) is 0.263. The average molecular weight is 326 g/mol. The highest BCUT2D eigenvalue weighted by Gasteiger charge is 2.24. The van der Waals surface area contributed by atoms with E-state index in [1.807, 2.05) is 24.3 Å². The molecular weight excluding hydrogens is 307 g/mol. The van der Waals surface area contributed by atoms with Crippen molar-refractivity contribution in [3.8, 4) is 0 Å². The van der Waals surface area contributed by atoms with E-state index in [0.717, 1.165) is 11.1 Å². The molecule has 2 N–H and O–H groups in total. The molecule has 0 saturated heterocycles. The van der Waals surface area contributed by atoms with Gasteiger partial charge in [0, 0.05) is 31.0 Å². The predicted octanol–water partition coefficient (Wildman–Crippen LogP) is 2.40. The van der Waals surface area contributed by atoms with Gasteiger partial charge in [-0.05, 0) is 35.7 Å². The van der Waals surface area contributed by atoms with Gasteiger partial charge in [0.15, 0.2) is 0 Å².